The van der Waals surface area contributed by atoms with Gasteiger partial charge >= 0.3 is 0 Å². The number of benzene rings is 12. The van der Waals surface area contributed by atoms with Gasteiger partial charge in [0.25, 0.3) is 0 Å². The van der Waals surface area contributed by atoms with Crippen molar-refractivity contribution < 1.29 is 0 Å². The molecule has 0 aliphatic heterocycles. The Balaban J connectivity index is 0.795. The van der Waals surface area contributed by atoms with Crippen LogP contribution in [0.4, 0.5) is 0 Å². The van der Waals surface area contributed by atoms with Gasteiger partial charge in [0.05, 0.1) is 32.5 Å². The van der Waals surface area contributed by atoms with Crippen LogP contribution in [-0.4, -0.2) is 14.0 Å². The first-order chi connectivity index (χ1) is 36.2. The van der Waals surface area contributed by atoms with E-state index >= 15 is 0 Å². The lowest BCUT2D eigenvalue weighted by Crippen LogP contribution is -1.93. The van der Waals surface area contributed by atoms with Gasteiger partial charge in [0, 0.05) is 37.3 Å². The van der Waals surface area contributed by atoms with Crippen molar-refractivity contribution in [3.05, 3.63) is 249 Å². The molecule has 0 aliphatic rings. The molecule has 0 unspecified atom stereocenters. The van der Waals surface area contributed by atoms with Crippen LogP contribution in [0.2, 0.25) is 0 Å². The molecule has 0 saturated heterocycles. The number of hydrogen-bond donors (Lipinski definition) is 0. The number of imidazole rings is 1. The zero-order valence-corrected chi connectivity index (χ0v) is 40.2. The van der Waals surface area contributed by atoms with Gasteiger partial charge in [0.15, 0.2) is 5.65 Å². The Labute approximate surface area is 423 Å². The summed E-state index contributed by atoms with van der Waals surface area (Å²) >= 11 is 1.86. The summed E-state index contributed by atoms with van der Waals surface area (Å²) < 4.78 is 7.30. The number of nitrogens with zero attached hydrogens (tertiary/aromatic N) is 3. The molecule has 16 aromatic rings. The molecular formula is C69H41N3S. The molecule has 0 radical (unpaired) electrons. The minimum absolute atomic E-state index is 1.00. The summed E-state index contributed by atoms with van der Waals surface area (Å²) in [7, 11) is 0. The van der Waals surface area contributed by atoms with Gasteiger partial charge in [-0.05, 0) is 131 Å². The average Bonchev–Trinajstić information content (AvgIpc) is 4.16. The maximum absolute atomic E-state index is 5.60. The molecule has 16 rings (SSSR count). The van der Waals surface area contributed by atoms with Gasteiger partial charge in [-0.3, -0.25) is 4.40 Å². The smallest absolute Gasteiger partial charge is 0.156 e. The van der Waals surface area contributed by atoms with Crippen molar-refractivity contribution in [1.29, 1.82) is 0 Å². The lowest BCUT2D eigenvalue weighted by atomic mass is 9.91. The molecule has 338 valence electrons. The van der Waals surface area contributed by atoms with E-state index in [2.05, 4.69) is 258 Å². The first kappa shape index (κ1) is 40.4. The van der Waals surface area contributed by atoms with Crippen LogP contribution in [0.15, 0.2) is 249 Å². The third-order valence-electron chi connectivity index (χ3n) is 15.5. The number of pyridine rings is 1. The second-order valence-electron chi connectivity index (χ2n) is 19.4. The van der Waals surface area contributed by atoms with Crippen LogP contribution in [0.1, 0.15) is 0 Å². The predicted octanol–water partition coefficient (Wildman–Crippen LogP) is 19.2. The van der Waals surface area contributed by atoms with Gasteiger partial charge in [-0.15, -0.1) is 11.3 Å². The van der Waals surface area contributed by atoms with Crippen LogP contribution < -0.4 is 0 Å². The highest BCUT2D eigenvalue weighted by Crippen LogP contribution is 2.45. The number of aromatic nitrogens is 3. The highest BCUT2D eigenvalue weighted by Gasteiger charge is 2.21. The summed E-state index contributed by atoms with van der Waals surface area (Å²) in [5.41, 5.74) is 16.3. The molecule has 0 saturated carbocycles. The molecule has 0 fully saturated rings. The van der Waals surface area contributed by atoms with Crippen molar-refractivity contribution in [2.45, 2.75) is 0 Å². The number of fused-ring (bicyclic) bond motifs is 16. The molecule has 0 aliphatic carbocycles. The fourth-order valence-electron chi connectivity index (χ4n) is 12.0. The van der Waals surface area contributed by atoms with Crippen molar-refractivity contribution in [2.75, 3.05) is 0 Å². The summed E-state index contributed by atoms with van der Waals surface area (Å²) in [6, 6.07) is 91.6. The van der Waals surface area contributed by atoms with Crippen molar-refractivity contribution in [3.8, 4) is 50.3 Å². The number of para-hydroxylation sites is 2. The SMILES string of the molecule is c1ccc(-n2c3ccccc3c3cc(-c4ccc(-c5ccc(-c6ccc(-c7cc8c9ccc%10ccccc%10c9sc8c8nc9c%10cc%11ccccc%11cc%10ccc9n78)cc6)c6ccccc56)cc4)ccc32)cc1. The second-order valence-corrected chi connectivity index (χ2v) is 20.5. The fraction of sp³-hybridized carbons (Fsp3) is 0. The van der Waals surface area contributed by atoms with E-state index in [1.165, 1.54) is 124 Å². The quantitative estimate of drug-likeness (QED) is 0.158. The molecule has 73 heavy (non-hydrogen) atoms. The van der Waals surface area contributed by atoms with E-state index in [1.807, 2.05) is 11.3 Å². The number of hydrogen-bond acceptors (Lipinski definition) is 2. The summed E-state index contributed by atoms with van der Waals surface area (Å²) in [5, 5.41) is 14.9. The largest absolute Gasteiger partial charge is 0.309 e. The summed E-state index contributed by atoms with van der Waals surface area (Å²) in [5.74, 6) is 0. The Hall–Kier alpha value is -9.35. The minimum Gasteiger partial charge on any atom is -0.309 e. The molecule has 0 bridgehead atoms. The van der Waals surface area contributed by atoms with E-state index in [0.717, 1.165) is 27.9 Å². The molecule has 4 aromatic heterocycles. The minimum atomic E-state index is 1.00. The topological polar surface area (TPSA) is 22.2 Å². The van der Waals surface area contributed by atoms with Crippen LogP contribution in [0, 0.1) is 0 Å². The van der Waals surface area contributed by atoms with Gasteiger partial charge in [0.2, 0.25) is 0 Å². The third-order valence-corrected chi connectivity index (χ3v) is 16.7. The monoisotopic (exact) mass is 943 g/mol. The third kappa shape index (κ3) is 6.08. The Kier molecular flexibility index (Phi) is 8.62. The second kappa shape index (κ2) is 15.6. The summed E-state index contributed by atoms with van der Waals surface area (Å²) in [4.78, 5) is 5.60. The maximum Gasteiger partial charge on any atom is 0.156 e. The Morgan fingerprint density at radius 1 is 0.301 bits per heavy atom. The van der Waals surface area contributed by atoms with E-state index < -0.39 is 0 Å². The normalized spacial score (nSPS) is 12.1. The fourth-order valence-corrected chi connectivity index (χ4v) is 13.3. The van der Waals surface area contributed by atoms with Gasteiger partial charge in [-0.1, -0.05) is 194 Å². The molecule has 4 heteroatoms. The van der Waals surface area contributed by atoms with Crippen LogP contribution in [0.3, 0.4) is 0 Å². The highest BCUT2D eigenvalue weighted by molar-refractivity contribution is 7.27. The van der Waals surface area contributed by atoms with E-state index in [0.29, 0.717) is 0 Å². The van der Waals surface area contributed by atoms with E-state index in [-0.39, 0.29) is 0 Å². The first-order valence-electron chi connectivity index (χ1n) is 25.0. The summed E-state index contributed by atoms with van der Waals surface area (Å²) in [6.07, 6.45) is 0. The maximum atomic E-state index is 5.60. The van der Waals surface area contributed by atoms with E-state index in [4.69, 9.17) is 4.98 Å². The van der Waals surface area contributed by atoms with E-state index in [9.17, 15) is 0 Å². The van der Waals surface area contributed by atoms with Crippen molar-refractivity contribution in [3.63, 3.8) is 0 Å². The molecular weight excluding hydrogens is 903 g/mol. The summed E-state index contributed by atoms with van der Waals surface area (Å²) in [6.45, 7) is 0. The Morgan fingerprint density at radius 3 is 1.63 bits per heavy atom. The number of rotatable bonds is 5. The predicted molar refractivity (Wildman–Crippen MR) is 312 cm³/mol. The van der Waals surface area contributed by atoms with Gasteiger partial charge in [-0.2, -0.15) is 0 Å². The zero-order valence-electron chi connectivity index (χ0n) is 39.4. The van der Waals surface area contributed by atoms with Crippen LogP contribution in [0.5, 0.6) is 0 Å². The standard InChI is InChI=1S/C69H41N3S/c1-2-15-51(16-3-1)71-62-21-11-10-20-57(62)60-40-49(31-36-63(60)71)42-22-24-44(25-23-42)52-34-35-53(56-19-9-8-18-55(52)56)45-26-28-46(29-27-45)65-41-61-58-33-30-43-12-6-7-17-54(43)67(58)73-68(61)69-70-66-59-39-48-14-5-4-13-47(48)38-50(59)32-37-64(66)72(65)69/h1-41H. The molecule has 12 aromatic carbocycles. The molecule has 0 amide bonds. The van der Waals surface area contributed by atoms with Crippen molar-refractivity contribution in [1.82, 2.24) is 14.0 Å². The Morgan fingerprint density at radius 2 is 0.877 bits per heavy atom. The molecule has 0 atom stereocenters. The van der Waals surface area contributed by atoms with Gasteiger partial charge in [0.1, 0.15) is 0 Å². The van der Waals surface area contributed by atoms with Gasteiger partial charge in [-0.25, -0.2) is 4.98 Å². The lowest BCUT2D eigenvalue weighted by molar-refractivity contribution is 1.18. The highest BCUT2D eigenvalue weighted by atomic mass is 32.1. The van der Waals surface area contributed by atoms with Crippen LogP contribution >= 0.6 is 11.3 Å². The van der Waals surface area contributed by atoms with Crippen LogP contribution in [-0.2, 0) is 0 Å². The molecule has 0 spiro atoms. The van der Waals surface area contributed by atoms with Crippen LogP contribution in [0.25, 0.3) is 152 Å². The van der Waals surface area contributed by atoms with Gasteiger partial charge < -0.3 is 4.57 Å². The number of thiophene rings is 1. The Bertz CT molecular complexity index is 4940. The molecule has 4 heterocycles. The van der Waals surface area contributed by atoms with Crippen molar-refractivity contribution >= 4 is 113 Å². The molecule has 0 N–H and O–H groups in total. The zero-order chi connectivity index (χ0) is 47.7. The first-order valence-corrected chi connectivity index (χ1v) is 25.8. The van der Waals surface area contributed by atoms with Crippen molar-refractivity contribution in [2.24, 2.45) is 0 Å². The molecule has 3 nitrogen and oxygen atoms in total. The lowest BCUT2D eigenvalue weighted by Gasteiger charge is -2.14. The van der Waals surface area contributed by atoms with E-state index in [1.54, 1.807) is 0 Å². The average molecular weight is 944 g/mol.